The molecule has 1 aromatic carbocycles. The van der Waals surface area contributed by atoms with Gasteiger partial charge in [-0.05, 0) is 51.3 Å². The number of likely N-dealkylation sites (tertiary alicyclic amines) is 2. The number of amides is 1. The fourth-order valence-corrected chi connectivity index (χ4v) is 4.79. The Morgan fingerprint density at radius 3 is 2.67 bits per heavy atom. The van der Waals surface area contributed by atoms with Crippen LogP contribution < -0.4 is 0 Å². The first kappa shape index (κ1) is 20.8. The monoisotopic (exact) mass is 422 g/mol. The van der Waals surface area contributed by atoms with Crippen LogP contribution in [0.25, 0.3) is 11.4 Å². The van der Waals surface area contributed by atoms with Crippen molar-refractivity contribution in [1.82, 2.24) is 19.9 Å². The van der Waals surface area contributed by atoms with Crippen molar-refractivity contribution in [2.24, 2.45) is 0 Å². The third-order valence-electron chi connectivity index (χ3n) is 6.23. The van der Waals surface area contributed by atoms with Crippen LogP contribution in [0.15, 0.2) is 28.8 Å². The molecule has 4 rings (SSSR count). The van der Waals surface area contributed by atoms with Crippen molar-refractivity contribution in [3.8, 4) is 11.4 Å². The van der Waals surface area contributed by atoms with Crippen LogP contribution >= 0.6 is 0 Å². The van der Waals surface area contributed by atoms with Crippen LogP contribution in [-0.2, 0) is 11.0 Å². The molecule has 3 atom stereocenters. The second-order valence-corrected chi connectivity index (χ2v) is 8.08. The highest BCUT2D eigenvalue weighted by Crippen LogP contribution is 2.36. The van der Waals surface area contributed by atoms with E-state index in [0.29, 0.717) is 5.89 Å². The molecular weight excluding hydrogens is 397 g/mol. The fraction of sp³-hybridized carbons (Fsp3) is 0.571. The highest BCUT2D eigenvalue weighted by molar-refractivity contribution is 5.74. The molecule has 0 radical (unpaired) electrons. The van der Waals surface area contributed by atoms with E-state index in [-0.39, 0.29) is 35.4 Å². The summed E-state index contributed by atoms with van der Waals surface area (Å²) in [6, 6.07) is 5.14. The maximum absolute atomic E-state index is 13.0. The second kappa shape index (κ2) is 8.02. The first-order chi connectivity index (χ1) is 14.3. The zero-order chi connectivity index (χ0) is 21.5. The predicted molar refractivity (Wildman–Crippen MR) is 103 cm³/mol. The van der Waals surface area contributed by atoms with Crippen LogP contribution in [0.1, 0.15) is 57.0 Å². The van der Waals surface area contributed by atoms with Gasteiger partial charge in [-0.15, -0.1) is 0 Å². The Morgan fingerprint density at radius 2 is 1.93 bits per heavy atom. The summed E-state index contributed by atoms with van der Waals surface area (Å²) in [5, 5.41) is 3.92. The molecular formula is C21H25F3N4O2. The number of aromatic nitrogens is 2. The molecule has 1 amide bonds. The summed E-state index contributed by atoms with van der Waals surface area (Å²) in [5.74, 6) is 0.619. The standard InChI is InChI=1S/C21H25F3N4O2/c1-13(27-10-4-8-17(27)18-9-5-11-28(18)14(2)29)20-25-19(26-30-20)15-6-3-7-16(12-15)21(22,23)24/h3,6-7,12-13,17-18H,4-5,8-11H2,1-2H3/t13-,17-,18-/m1/s1. The Morgan fingerprint density at radius 1 is 1.20 bits per heavy atom. The van der Waals surface area contributed by atoms with E-state index < -0.39 is 11.7 Å². The van der Waals surface area contributed by atoms with Crippen molar-refractivity contribution >= 4 is 5.91 Å². The number of benzene rings is 1. The summed E-state index contributed by atoms with van der Waals surface area (Å²) in [6.45, 7) is 5.23. The van der Waals surface area contributed by atoms with Crippen molar-refractivity contribution in [2.45, 2.75) is 63.8 Å². The van der Waals surface area contributed by atoms with Crippen molar-refractivity contribution in [1.29, 1.82) is 0 Å². The molecule has 0 saturated carbocycles. The van der Waals surface area contributed by atoms with Crippen molar-refractivity contribution in [3.05, 3.63) is 35.7 Å². The van der Waals surface area contributed by atoms with Gasteiger partial charge in [0.2, 0.25) is 17.6 Å². The molecule has 2 aliphatic rings. The number of carbonyl (C=O) groups excluding carboxylic acids is 1. The smallest absolute Gasteiger partial charge is 0.338 e. The highest BCUT2D eigenvalue weighted by atomic mass is 19.4. The van der Waals surface area contributed by atoms with Crippen LogP contribution in [0.4, 0.5) is 13.2 Å². The van der Waals surface area contributed by atoms with Crippen molar-refractivity contribution in [3.63, 3.8) is 0 Å². The lowest BCUT2D eigenvalue weighted by atomic mass is 10.0. The van der Waals surface area contributed by atoms with Gasteiger partial charge < -0.3 is 9.42 Å². The van der Waals surface area contributed by atoms with Crippen molar-refractivity contribution < 1.29 is 22.5 Å². The molecule has 9 heteroatoms. The van der Waals surface area contributed by atoms with E-state index in [2.05, 4.69) is 15.0 Å². The van der Waals surface area contributed by atoms with Gasteiger partial charge in [0.05, 0.1) is 11.6 Å². The Labute approximate surface area is 173 Å². The summed E-state index contributed by atoms with van der Waals surface area (Å²) in [7, 11) is 0. The van der Waals surface area contributed by atoms with Crippen LogP contribution in [0.5, 0.6) is 0 Å². The van der Waals surface area contributed by atoms with E-state index in [0.717, 1.165) is 50.9 Å². The number of alkyl halides is 3. The quantitative estimate of drug-likeness (QED) is 0.736. The molecule has 0 aliphatic carbocycles. The number of nitrogens with zero attached hydrogens (tertiary/aromatic N) is 4. The number of halogens is 3. The maximum Gasteiger partial charge on any atom is 0.416 e. The number of carbonyl (C=O) groups is 1. The van der Waals surface area contributed by atoms with Crippen LogP contribution in [0.2, 0.25) is 0 Å². The molecule has 3 heterocycles. The molecule has 6 nitrogen and oxygen atoms in total. The van der Waals surface area contributed by atoms with Crippen molar-refractivity contribution in [2.75, 3.05) is 13.1 Å². The predicted octanol–water partition coefficient (Wildman–Crippen LogP) is 4.29. The van der Waals surface area contributed by atoms with E-state index in [1.165, 1.54) is 12.1 Å². The zero-order valence-electron chi connectivity index (χ0n) is 17.0. The fourth-order valence-electron chi connectivity index (χ4n) is 4.79. The van der Waals surface area contributed by atoms with Gasteiger partial charge in [-0.2, -0.15) is 18.2 Å². The normalized spacial score (nSPS) is 23.8. The summed E-state index contributed by atoms with van der Waals surface area (Å²) >= 11 is 0. The third-order valence-corrected chi connectivity index (χ3v) is 6.23. The molecule has 0 unspecified atom stereocenters. The molecule has 0 spiro atoms. The van der Waals surface area contributed by atoms with Gasteiger partial charge in [0, 0.05) is 31.1 Å². The Kier molecular flexibility index (Phi) is 5.57. The molecule has 0 bridgehead atoms. The average Bonchev–Trinajstić information content (AvgIpc) is 3.46. The Balaban J connectivity index is 1.54. The minimum absolute atomic E-state index is 0.0987. The second-order valence-electron chi connectivity index (χ2n) is 8.08. The molecule has 2 aliphatic heterocycles. The zero-order valence-corrected chi connectivity index (χ0v) is 17.0. The van der Waals surface area contributed by atoms with Gasteiger partial charge in [-0.25, -0.2) is 0 Å². The lowest BCUT2D eigenvalue weighted by Crippen LogP contribution is -2.48. The molecule has 2 fully saturated rings. The first-order valence-electron chi connectivity index (χ1n) is 10.3. The van der Waals surface area contributed by atoms with E-state index in [1.54, 1.807) is 6.92 Å². The molecule has 1 aromatic heterocycles. The molecule has 162 valence electrons. The lowest BCUT2D eigenvalue weighted by molar-refractivity contribution is -0.137. The van der Waals surface area contributed by atoms with Gasteiger partial charge in [-0.1, -0.05) is 17.3 Å². The minimum Gasteiger partial charge on any atom is -0.338 e. The third kappa shape index (κ3) is 3.95. The minimum atomic E-state index is -4.43. The van der Waals surface area contributed by atoms with Crippen LogP contribution in [0.3, 0.4) is 0 Å². The number of hydrogen-bond acceptors (Lipinski definition) is 5. The Bertz CT molecular complexity index is 914. The van der Waals surface area contributed by atoms with E-state index >= 15 is 0 Å². The largest absolute Gasteiger partial charge is 0.416 e. The SMILES string of the molecule is CC(=O)N1CCC[C@@H]1[C@H]1CCCN1[C@H](C)c1nc(-c2cccc(C(F)(F)F)c2)no1. The topological polar surface area (TPSA) is 62.5 Å². The van der Waals surface area contributed by atoms with E-state index in [4.69, 9.17) is 4.52 Å². The molecule has 0 N–H and O–H groups in total. The molecule has 2 aromatic rings. The first-order valence-corrected chi connectivity index (χ1v) is 10.3. The van der Waals surface area contributed by atoms with Gasteiger partial charge in [-0.3, -0.25) is 9.69 Å². The van der Waals surface area contributed by atoms with Gasteiger partial charge in [0.1, 0.15) is 0 Å². The maximum atomic E-state index is 13.0. The van der Waals surface area contributed by atoms with Gasteiger partial charge in [0.25, 0.3) is 0 Å². The van der Waals surface area contributed by atoms with E-state index in [1.807, 2.05) is 11.8 Å². The number of rotatable bonds is 4. The summed E-state index contributed by atoms with van der Waals surface area (Å²) in [6.07, 6.45) is -0.433. The number of hydrogen-bond donors (Lipinski definition) is 0. The van der Waals surface area contributed by atoms with Gasteiger partial charge in [0.15, 0.2) is 0 Å². The van der Waals surface area contributed by atoms with Gasteiger partial charge >= 0.3 is 6.18 Å². The summed E-state index contributed by atoms with van der Waals surface area (Å²) < 4.78 is 44.4. The highest BCUT2D eigenvalue weighted by Gasteiger charge is 2.41. The lowest BCUT2D eigenvalue weighted by Gasteiger charge is -2.36. The molecule has 30 heavy (non-hydrogen) atoms. The summed E-state index contributed by atoms with van der Waals surface area (Å²) in [4.78, 5) is 20.6. The van der Waals surface area contributed by atoms with Crippen LogP contribution in [-0.4, -0.2) is 51.0 Å². The Hall–Kier alpha value is -2.42. The summed E-state index contributed by atoms with van der Waals surface area (Å²) in [5.41, 5.74) is -0.479. The van der Waals surface area contributed by atoms with Crippen LogP contribution in [0, 0.1) is 0 Å². The average molecular weight is 422 g/mol. The molecule has 2 saturated heterocycles. The van der Waals surface area contributed by atoms with E-state index in [9.17, 15) is 18.0 Å².